The normalized spacial score (nSPS) is 17.0. The van der Waals surface area contributed by atoms with E-state index in [1.807, 2.05) is 13.8 Å². The SMILES string of the molecule is COc1ccnc(C(=O)C[C@@H](C)C(=O)O[C@@H](C)[C@H](c2ccc(F)cc2C)C2CCCCC2)c1O. The molecule has 184 valence electrons. The Hall–Kier alpha value is -2.96. The van der Waals surface area contributed by atoms with Gasteiger partial charge in [-0.3, -0.25) is 9.59 Å². The van der Waals surface area contributed by atoms with Crippen molar-refractivity contribution in [2.24, 2.45) is 11.8 Å². The van der Waals surface area contributed by atoms with Crippen molar-refractivity contribution in [3.05, 3.63) is 53.1 Å². The van der Waals surface area contributed by atoms with Gasteiger partial charge in [0, 0.05) is 24.6 Å². The Morgan fingerprint density at radius 2 is 1.88 bits per heavy atom. The van der Waals surface area contributed by atoms with E-state index in [9.17, 15) is 19.1 Å². The molecule has 1 fully saturated rings. The lowest BCUT2D eigenvalue weighted by atomic mass is 9.73. The quantitative estimate of drug-likeness (QED) is 0.370. The Bertz CT molecular complexity index is 1020. The smallest absolute Gasteiger partial charge is 0.309 e. The zero-order valence-electron chi connectivity index (χ0n) is 20.3. The van der Waals surface area contributed by atoms with E-state index in [-0.39, 0.29) is 35.3 Å². The molecule has 0 bridgehead atoms. The van der Waals surface area contributed by atoms with Crippen LogP contribution in [0, 0.1) is 24.6 Å². The van der Waals surface area contributed by atoms with E-state index in [0.717, 1.165) is 36.8 Å². The number of pyridine rings is 1. The fraction of sp³-hybridized carbons (Fsp3) is 0.519. The van der Waals surface area contributed by atoms with E-state index in [4.69, 9.17) is 9.47 Å². The Morgan fingerprint density at radius 1 is 1.18 bits per heavy atom. The van der Waals surface area contributed by atoms with Crippen LogP contribution in [-0.4, -0.2) is 35.1 Å². The molecule has 1 aromatic heterocycles. The highest BCUT2D eigenvalue weighted by Crippen LogP contribution is 2.40. The van der Waals surface area contributed by atoms with Gasteiger partial charge in [-0.25, -0.2) is 9.37 Å². The monoisotopic (exact) mass is 471 g/mol. The molecular weight excluding hydrogens is 437 g/mol. The number of methoxy groups -OCH3 is 1. The number of rotatable bonds is 9. The third kappa shape index (κ3) is 5.93. The highest BCUT2D eigenvalue weighted by atomic mass is 19.1. The first kappa shape index (κ1) is 25.7. The second kappa shape index (κ2) is 11.4. The number of Topliss-reactive ketones (excluding diaryl/α,β-unsaturated/α-hetero) is 1. The summed E-state index contributed by atoms with van der Waals surface area (Å²) in [6, 6.07) is 6.24. The van der Waals surface area contributed by atoms with E-state index in [0.29, 0.717) is 5.92 Å². The number of nitrogens with zero attached hydrogens (tertiary/aromatic N) is 1. The van der Waals surface area contributed by atoms with Gasteiger partial charge in [-0.15, -0.1) is 0 Å². The summed E-state index contributed by atoms with van der Waals surface area (Å²) < 4.78 is 24.7. The maximum atomic E-state index is 13.8. The van der Waals surface area contributed by atoms with Crippen molar-refractivity contribution in [2.45, 2.75) is 71.3 Å². The topological polar surface area (TPSA) is 85.7 Å². The Balaban J connectivity index is 1.73. The molecule has 1 N–H and O–H groups in total. The summed E-state index contributed by atoms with van der Waals surface area (Å²) in [4.78, 5) is 29.6. The van der Waals surface area contributed by atoms with Crippen LogP contribution in [0.3, 0.4) is 0 Å². The van der Waals surface area contributed by atoms with Crippen molar-refractivity contribution >= 4 is 11.8 Å². The minimum absolute atomic E-state index is 0.0446. The third-order valence-corrected chi connectivity index (χ3v) is 6.82. The highest BCUT2D eigenvalue weighted by Gasteiger charge is 2.34. The summed E-state index contributed by atoms with van der Waals surface area (Å²) in [5.74, 6) is -1.85. The molecule has 1 aromatic carbocycles. The molecule has 0 unspecified atom stereocenters. The van der Waals surface area contributed by atoms with Crippen LogP contribution >= 0.6 is 0 Å². The number of carbonyl (C=O) groups is 2. The zero-order chi connectivity index (χ0) is 24.8. The Kier molecular flexibility index (Phi) is 8.64. The molecular formula is C27H34FNO5. The van der Waals surface area contributed by atoms with Gasteiger partial charge in [-0.2, -0.15) is 0 Å². The second-order valence-electron chi connectivity index (χ2n) is 9.31. The number of aromatic hydroxyl groups is 1. The van der Waals surface area contributed by atoms with Gasteiger partial charge in [0.25, 0.3) is 0 Å². The van der Waals surface area contributed by atoms with Crippen molar-refractivity contribution in [3.8, 4) is 11.5 Å². The molecule has 0 saturated heterocycles. The molecule has 0 radical (unpaired) electrons. The molecule has 1 aliphatic rings. The minimum atomic E-state index is -0.719. The number of benzene rings is 1. The van der Waals surface area contributed by atoms with Gasteiger partial charge in [-0.1, -0.05) is 32.3 Å². The number of aromatic nitrogens is 1. The van der Waals surface area contributed by atoms with E-state index in [2.05, 4.69) is 4.98 Å². The number of hydrogen-bond acceptors (Lipinski definition) is 6. The highest BCUT2D eigenvalue weighted by molar-refractivity contribution is 5.99. The molecule has 6 nitrogen and oxygen atoms in total. The van der Waals surface area contributed by atoms with E-state index in [1.54, 1.807) is 13.0 Å². The molecule has 0 aliphatic heterocycles. The summed E-state index contributed by atoms with van der Waals surface area (Å²) in [6.07, 6.45) is 6.33. The lowest BCUT2D eigenvalue weighted by Gasteiger charge is -2.35. The van der Waals surface area contributed by atoms with Crippen LogP contribution in [0.2, 0.25) is 0 Å². The average molecular weight is 472 g/mol. The van der Waals surface area contributed by atoms with Crippen molar-refractivity contribution < 1.29 is 28.6 Å². The number of carbonyl (C=O) groups excluding carboxylic acids is 2. The number of ether oxygens (including phenoxy) is 2. The lowest BCUT2D eigenvalue weighted by molar-refractivity contribution is -0.154. The summed E-state index contributed by atoms with van der Waals surface area (Å²) in [5, 5.41) is 10.2. The van der Waals surface area contributed by atoms with Crippen molar-refractivity contribution in [3.63, 3.8) is 0 Å². The molecule has 3 atom stereocenters. The van der Waals surface area contributed by atoms with Crippen LogP contribution in [0.25, 0.3) is 0 Å². The number of aryl methyl sites for hydroxylation is 1. The van der Waals surface area contributed by atoms with E-state index < -0.39 is 23.8 Å². The van der Waals surface area contributed by atoms with Crippen LogP contribution < -0.4 is 4.74 Å². The van der Waals surface area contributed by atoms with Crippen LogP contribution in [0.15, 0.2) is 30.5 Å². The molecule has 1 aliphatic carbocycles. The maximum Gasteiger partial charge on any atom is 0.309 e. The maximum absolute atomic E-state index is 13.8. The number of hydrogen-bond donors (Lipinski definition) is 1. The number of ketones is 1. The predicted molar refractivity (Wildman–Crippen MR) is 127 cm³/mol. The van der Waals surface area contributed by atoms with Gasteiger partial charge < -0.3 is 14.6 Å². The average Bonchev–Trinajstić information content (AvgIpc) is 2.81. The summed E-state index contributed by atoms with van der Waals surface area (Å²) in [6.45, 7) is 5.39. The van der Waals surface area contributed by atoms with Crippen molar-refractivity contribution in [2.75, 3.05) is 7.11 Å². The molecule has 3 rings (SSSR count). The van der Waals surface area contributed by atoms with Gasteiger partial charge in [0.15, 0.2) is 23.0 Å². The summed E-state index contributed by atoms with van der Waals surface area (Å²) in [7, 11) is 1.39. The van der Waals surface area contributed by atoms with E-state index >= 15 is 0 Å². The Morgan fingerprint density at radius 3 is 2.53 bits per heavy atom. The van der Waals surface area contributed by atoms with Gasteiger partial charge in [-0.05, 0) is 55.9 Å². The number of halogens is 1. The van der Waals surface area contributed by atoms with Gasteiger partial charge in [0.2, 0.25) is 0 Å². The molecule has 2 aromatic rings. The lowest BCUT2D eigenvalue weighted by Crippen LogP contribution is -2.32. The first-order chi connectivity index (χ1) is 16.2. The first-order valence-corrected chi connectivity index (χ1v) is 11.9. The molecule has 34 heavy (non-hydrogen) atoms. The van der Waals surface area contributed by atoms with Crippen molar-refractivity contribution in [1.82, 2.24) is 4.98 Å². The fourth-order valence-electron chi connectivity index (χ4n) is 5.03. The largest absolute Gasteiger partial charge is 0.503 e. The molecule has 7 heteroatoms. The van der Waals surface area contributed by atoms with Crippen LogP contribution in [-0.2, 0) is 9.53 Å². The van der Waals surface area contributed by atoms with Crippen LogP contribution in [0.5, 0.6) is 11.5 Å². The molecule has 0 spiro atoms. The van der Waals surface area contributed by atoms with Crippen molar-refractivity contribution in [1.29, 1.82) is 0 Å². The van der Waals surface area contributed by atoms with Gasteiger partial charge >= 0.3 is 5.97 Å². The first-order valence-electron chi connectivity index (χ1n) is 11.9. The van der Waals surface area contributed by atoms with Gasteiger partial charge in [0.05, 0.1) is 13.0 Å². The standard InChI is InChI=1S/C27H34FNO5/c1-16-14-20(28)10-11-21(16)24(19-8-6-5-7-9-19)18(3)34-27(32)17(2)15-22(30)25-26(31)23(33-4)12-13-29-25/h10-14,17-19,24,31H,5-9,15H2,1-4H3/t17-,18+,24+/m1/s1. The summed E-state index contributed by atoms with van der Waals surface area (Å²) >= 11 is 0. The van der Waals surface area contributed by atoms with Crippen LogP contribution in [0.1, 0.15) is 79.9 Å². The molecule has 1 heterocycles. The minimum Gasteiger partial charge on any atom is -0.503 e. The zero-order valence-corrected chi connectivity index (χ0v) is 20.3. The molecule has 1 saturated carbocycles. The summed E-state index contributed by atoms with van der Waals surface area (Å²) in [5.41, 5.74) is 1.72. The van der Waals surface area contributed by atoms with Gasteiger partial charge in [0.1, 0.15) is 11.9 Å². The Labute approximate surface area is 200 Å². The molecule has 0 amide bonds. The third-order valence-electron chi connectivity index (χ3n) is 6.82. The van der Waals surface area contributed by atoms with E-state index in [1.165, 1.54) is 37.9 Å². The fourth-order valence-corrected chi connectivity index (χ4v) is 5.03. The second-order valence-corrected chi connectivity index (χ2v) is 9.31. The predicted octanol–water partition coefficient (Wildman–Crippen LogP) is 5.75. The van der Waals surface area contributed by atoms with Crippen LogP contribution in [0.4, 0.5) is 4.39 Å². The number of esters is 1.